The fourth-order valence-electron chi connectivity index (χ4n) is 0.291. The number of thiol groups is 1. The smallest absolute Gasteiger partial charge is 0.0635 e. The van der Waals surface area contributed by atoms with E-state index in [-0.39, 0.29) is 33.5 Å². The molecule has 0 aromatic heterocycles. The van der Waals surface area contributed by atoms with Crippen molar-refractivity contribution in [2.24, 2.45) is 0 Å². The zero-order chi connectivity index (χ0) is 9.46. The Morgan fingerprint density at radius 3 is 2.38 bits per heavy atom. The van der Waals surface area contributed by atoms with Gasteiger partial charge in [-0.25, -0.2) is 0 Å². The first-order valence-electron chi connectivity index (χ1n) is 3.91. The Kier molecular flexibility index (Phi) is 0.880. The van der Waals surface area contributed by atoms with Crippen molar-refractivity contribution < 1.29 is 5.48 Å². The summed E-state index contributed by atoms with van der Waals surface area (Å²) >= 11 is 6.83. The van der Waals surface area contributed by atoms with Crippen molar-refractivity contribution in [1.82, 2.24) is 0 Å². The Labute approximate surface area is 68.1 Å². The van der Waals surface area contributed by atoms with Crippen LogP contribution in [-0.2, 0) is 0 Å². The average molecular weight is 193 g/mol. The van der Waals surface area contributed by atoms with Gasteiger partial charge in [-0.2, -0.15) is 0 Å². The van der Waals surface area contributed by atoms with Crippen LogP contribution in [0.4, 0.5) is 0 Å². The quantitative estimate of drug-likeness (QED) is 0.601. The normalized spacial score (nSPS) is 16.2. The molecule has 0 atom stereocenters. The van der Waals surface area contributed by atoms with Gasteiger partial charge in [0.05, 0.1) is 5.48 Å². The Hall–Kier alpha value is 0.0500. The minimum absolute atomic E-state index is 0.0770. The van der Waals surface area contributed by atoms with Crippen LogP contribution in [0.1, 0.15) is 5.48 Å². The molecule has 0 heterocycles. The molecule has 1 aromatic carbocycles. The predicted octanol–water partition coefficient (Wildman–Crippen LogP) is 2.74. The van der Waals surface area contributed by atoms with Gasteiger partial charge < -0.3 is 0 Å². The highest BCUT2D eigenvalue weighted by atomic mass is 79.9. The van der Waals surface area contributed by atoms with E-state index in [4.69, 9.17) is 5.48 Å². The standard InChI is InChI=1S/C6H5BrS/c7-5-1-3-6(8)4-2-5/h1-4,8H/i1D,2D,3D,4D. The van der Waals surface area contributed by atoms with Gasteiger partial charge in [0.1, 0.15) is 0 Å². The highest BCUT2D eigenvalue weighted by molar-refractivity contribution is 9.10. The van der Waals surface area contributed by atoms with Gasteiger partial charge in [-0.1, -0.05) is 15.9 Å². The second-order valence-electron chi connectivity index (χ2n) is 1.16. The van der Waals surface area contributed by atoms with Gasteiger partial charge in [0.25, 0.3) is 0 Å². The lowest BCUT2D eigenvalue weighted by atomic mass is 10.4. The molecule has 1 aromatic rings. The van der Waals surface area contributed by atoms with E-state index in [1.807, 2.05) is 0 Å². The third-order valence-corrected chi connectivity index (χ3v) is 1.20. The Balaban J connectivity index is 3.60. The Bertz CT molecular complexity index is 234. The van der Waals surface area contributed by atoms with Gasteiger partial charge >= 0.3 is 0 Å². The molecule has 0 unspecified atom stereocenters. The van der Waals surface area contributed by atoms with Crippen molar-refractivity contribution in [3.8, 4) is 0 Å². The van der Waals surface area contributed by atoms with Crippen molar-refractivity contribution >= 4 is 28.6 Å². The van der Waals surface area contributed by atoms with Gasteiger partial charge in [-0.15, -0.1) is 12.6 Å². The lowest BCUT2D eigenvalue weighted by molar-refractivity contribution is 1.46. The van der Waals surface area contributed by atoms with Crippen LogP contribution in [0.5, 0.6) is 0 Å². The summed E-state index contributed by atoms with van der Waals surface area (Å²) in [5, 5.41) is 0. The van der Waals surface area contributed by atoms with Gasteiger partial charge in [-0.3, -0.25) is 0 Å². The largest absolute Gasteiger partial charge is 0.143 e. The fourth-order valence-corrected chi connectivity index (χ4v) is 0.601. The summed E-state index contributed by atoms with van der Waals surface area (Å²) in [4.78, 5) is 0.0770. The molecule has 1 rings (SSSR count). The Morgan fingerprint density at radius 1 is 1.38 bits per heavy atom. The van der Waals surface area contributed by atoms with Gasteiger partial charge in [-0.05, 0) is 24.2 Å². The van der Waals surface area contributed by atoms with Gasteiger partial charge in [0.2, 0.25) is 0 Å². The highest BCUT2D eigenvalue weighted by Crippen LogP contribution is 2.11. The number of hydrogen-bond donors (Lipinski definition) is 1. The van der Waals surface area contributed by atoms with Crippen molar-refractivity contribution in [2.75, 3.05) is 0 Å². The summed E-state index contributed by atoms with van der Waals surface area (Å²) in [6.07, 6.45) is 0. The summed E-state index contributed by atoms with van der Waals surface area (Å²) < 4.78 is 29.5. The number of hydrogen-bond acceptors (Lipinski definition) is 1. The summed E-state index contributed by atoms with van der Waals surface area (Å²) in [6, 6.07) is -0.431. The maximum Gasteiger partial charge on any atom is 0.0635 e. The van der Waals surface area contributed by atoms with E-state index in [0.29, 0.717) is 0 Å². The molecule has 0 radical (unpaired) electrons. The molecule has 0 nitrogen and oxygen atoms in total. The third kappa shape index (κ3) is 1.53. The van der Waals surface area contributed by atoms with E-state index < -0.39 is 0 Å². The minimum Gasteiger partial charge on any atom is -0.143 e. The lowest BCUT2D eigenvalue weighted by Crippen LogP contribution is -1.62. The van der Waals surface area contributed by atoms with Crippen LogP contribution in [0.2, 0.25) is 0 Å². The van der Waals surface area contributed by atoms with Crippen LogP contribution >= 0.6 is 28.6 Å². The van der Waals surface area contributed by atoms with E-state index in [1.165, 1.54) is 0 Å². The van der Waals surface area contributed by atoms with Crippen LogP contribution < -0.4 is 0 Å². The van der Waals surface area contributed by atoms with E-state index in [0.717, 1.165) is 0 Å². The van der Waals surface area contributed by atoms with Crippen molar-refractivity contribution in [3.63, 3.8) is 0 Å². The maximum atomic E-state index is 7.34. The van der Waals surface area contributed by atoms with Crippen LogP contribution in [0.3, 0.4) is 0 Å². The molecule has 0 amide bonds. The molecular weight excluding hydrogens is 184 g/mol. The molecule has 0 aliphatic carbocycles. The Morgan fingerprint density at radius 2 is 1.88 bits per heavy atom. The van der Waals surface area contributed by atoms with Crippen LogP contribution in [0.15, 0.2) is 33.5 Å². The molecular formula is C6H5BrS. The molecule has 0 fully saturated rings. The second kappa shape index (κ2) is 2.55. The molecule has 0 bridgehead atoms. The zero-order valence-corrected chi connectivity index (χ0v) is 6.31. The van der Waals surface area contributed by atoms with Crippen molar-refractivity contribution in [2.45, 2.75) is 4.90 Å². The molecule has 8 heavy (non-hydrogen) atoms. The molecule has 0 spiro atoms. The van der Waals surface area contributed by atoms with Crippen LogP contribution in [0.25, 0.3) is 0 Å². The number of halogens is 1. The van der Waals surface area contributed by atoms with E-state index >= 15 is 0 Å². The van der Waals surface area contributed by atoms with Crippen LogP contribution in [0, 0.1) is 0 Å². The maximum absolute atomic E-state index is 7.34. The van der Waals surface area contributed by atoms with E-state index in [1.54, 1.807) is 0 Å². The van der Waals surface area contributed by atoms with Crippen molar-refractivity contribution in [3.05, 3.63) is 28.6 Å². The highest BCUT2D eigenvalue weighted by Gasteiger charge is 1.82. The first-order chi connectivity index (χ1) is 5.46. The van der Waals surface area contributed by atoms with Gasteiger partial charge in [0, 0.05) is 9.37 Å². The molecule has 0 aliphatic rings. The predicted molar refractivity (Wildman–Crippen MR) is 41.4 cm³/mol. The van der Waals surface area contributed by atoms with Crippen LogP contribution in [-0.4, -0.2) is 0 Å². The SMILES string of the molecule is [2H]c1c([2H])c(Br)c([2H])c([2H])c1S. The summed E-state index contributed by atoms with van der Waals surface area (Å²) in [6.45, 7) is 0. The summed E-state index contributed by atoms with van der Waals surface area (Å²) in [7, 11) is 0. The van der Waals surface area contributed by atoms with Gasteiger partial charge in [0.15, 0.2) is 0 Å². The molecule has 0 N–H and O–H groups in total. The fraction of sp³-hybridized carbons (Fsp3) is 0. The average Bonchev–Trinajstić information content (AvgIpc) is 2.08. The first kappa shape index (κ1) is 2.76. The molecule has 0 saturated heterocycles. The molecule has 0 saturated carbocycles. The number of benzene rings is 1. The molecule has 0 aliphatic heterocycles. The van der Waals surface area contributed by atoms with Crippen molar-refractivity contribution in [1.29, 1.82) is 0 Å². The second-order valence-corrected chi connectivity index (χ2v) is 2.40. The monoisotopic (exact) mass is 192 g/mol. The minimum atomic E-state index is -0.119. The molecule has 2 heteroatoms. The third-order valence-electron chi connectivity index (χ3n) is 0.581. The topological polar surface area (TPSA) is 0 Å². The van der Waals surface area contributed by atoms with E-state index in [9.17, 15) is 0 Å². The zero-order valence-electron chi connectivity index (χ0n) is 7.83. The first-order valence-corrected chi connectivity index (χ1v) is 3.15. The summed E-state index contributed by atoms with van der Waals surface area (Å²) in [5.41, 5.74) is 0. The summed E-state index contributed by atoms with van der Waals surface area (Å²) in [5.74, 6) is 0. The lowest BCUT2D eigenvalue weighted by Gasteiger charge is -1.87. The molecule has 42 valence electrons. The van der Waals surface area contributed by atoms with E-state index in [2.05, 4.69) is 28.6 Å². The number of rotatable bonds is 0.